The van der Waals surface area contributed by atoms with Crippen LogP contribution in [0.3, 0.4) is 0 Å². The monoisotopic (exact) mass is 530 g/mol. The zero-order valence-electron chi connectivity index (χ0n) is 28.6. The highest BCUT2D eigenvalue weighted by atomic mass is 19.1. The third-order valence-electron chi connectivity index (χ3n) is 6.28. The largest absolute Gasteiger partial charge is 0.488 e. The second-order valence-electron chi connectivity index (χ2n) is 10.7. The van der Waals surface area contributed by atoms with Gasteiger partial charge in [-0.1, -0.05) is 18.2 Å². The normalized spacial score (nSPS) is 29.6. The number of piperidine rings is 1. The quantitative estimate of drug-likeness (QED) is 0.575. The van der Waals surface area contributed by atoms with Crippen molar-refractivity contribution in [2.24, 2.45) is 0 Å². The lowest BCUT2D eigenvalue weighted by molar-refractivity contribution is -0.182. The Balaban J connectivity index is 1.46. The molecule has 38 heavy (non-hydrogen) atoms. The number of carbonyl (C=O) groups is 3. The van der Waals surface area contributed by atoms with Gasteiger partial charge < -0.3 is 14.4 Å². The molecule has 0 bridgehead atoms. The SMILES string of the molecule is [2H]C([2H])(Oc1cccc2c1C([2H])([2H])N(C1([2H])CCC(=O)NC1=O)C2=O)c1ccc(C([2H])([2H])N2CC(C)(C)OC(C)(C)C2)cc1F. The molecule has 9 heteroatoms. The van der Waals surface area contributed by atoms with E-state index in [0.29, 0.717) is 4.90 Å². The summed E-state index contributed by atoms with van der Waals surface area (Å²) in [6.45, 7) is -0.185. The number of ether oxygens (including phenoxy) is 2. The van der Waals surface area contributed by atoms with E-state index in [1.807, 2.05) is 33.0 Å². The number of hydrogen-bond acceptors (Lipinski definition) is 6. The maximum Gasteiger partial charge on any atom is 0.255 e. The Morgan fingerprint density at radius 3 is 2.61 bits per heavy atom. The van der Waals surface area contributed by atoms with E-state index >= 15 is 4.39 Å². The summed E-state index contributed by atoms with van der Waals surface area (Å²) in [6.07, 6.45) is -0.760. The fourth-order valence-corrected chi connectivity index (χ4v) is 5.03. The zero-order valence-corrected chi connectivity index (χ0v) is 21.6. The van der Waals surface area contributed by atoms with Crippen LogP contribution in [-0.2, 0) is 33.9 Å². The van der Waals surface area contributed by atoms with Gasteiger partial charge in [-0.3, -0.25) is 24.6 Å². The van der Waals surface area contributed by atoms with Crippen molar-refractivity contribution in [3.8, 4) is 5.75 Å². The number of fused-ring (bicyclic) bond motifs is 1. The topological polar surface area (TPSA) is 88.2 Å². The van der Waals surface area contributed by atoms with Gasteiger partial charge in [0.05, 0.1) is 24.6 Å². The molecule has 0 aromatic heterocycles. The van der Waals surface area contributed by atoms with Gasteiger partial charge in [0, 0.05) is 45.4 Å². The molecule has 202 valence electrons. The lowest BCUT2D eigenvalue weighted by Gasteiger charge is -2.47. The highest BCUT2D eigenvalue weighted by Crippen LogP contribution is 2.34. The highest BCUT2D eigenvalue weighted by Gasteiger charge is 2.40. The zero-order chi connectivity index (χ0) is 33.5. The summed E-state index contributed by atoms with van der Waals surface area (Å²) in [5.41, 5.74) is -2.78. The van der Waals surface area contributed by atoms with Crippen molar-refractivity contribution in [2.45, 2.75) is 77.3 Å². The van der Waals surface area contributed by atoms with E-state index in [1.54, 1.807) is 0 Å². The molecule has 2 fully saturated rings. The van der Waals surface area contributed by atoms with E-state index in [-0.39, 0.29) is 30.6 Å². The van der Waals surface area contributed by atoms with Crippen molar-refractivity contribution in [2.75, 3.05) is 13.1 Å². The molecule has 0 radical (unpaired) electrons. The summed E-state index contributed by atoms with van der Waals surface area (Å²) in [4.78, 5) is 39.6. The van der Waals surface area contributed by atoms with Gasteiger partial charge in [-0.25, -0.2) is 4.39 Å². The Morgan fingerprint density at radius 1 is 1.18 bits per heavy atom. The fraction of sp³-hybridized carbons (Fsp3) is 0.483. The number of halogens is 1. The predicted octanol–water partition coefficient (Wildman–Crippen LogP) is 3.56. The van der Waals surface area contributed by atoms with Crippen molar-refractivity contribution < 1.29 is 37.8 Å². The van der Waals surface area contributed by atoms with Gasteiger partial charge in [0.25, 0.3) is 5.91 Å². The summed E-state index contributed by atoms with van der Waals surface area (Å²) in [5.74, 6) is -4.45. The lowest BCUT2D eigenvalue weighted by atomic mass is 9.98. The number of nitrogens with one attached hydrogen (secondary N) is 1. The Bertz CT molecular complexity index is 1590. The van der Waals surface area contributed by atoms with Crippen LogP contribution < -0.4 is 10.1 Å². The van der Waals surface area contributed by atoms with Gasteiger partial charge in [-0.05, 0) is 57.9 Å². The fourth-order valence-electron chi connectivity index (χ4n) is 5.03. The van der Waals surface area contributed by atoms with E-state index in [9.17, 15) is 14.4 Å². The Kier molecular flexibility index (Phi) is 4.86. The van der Waals surface area contributed by atoms with Crippen molar-refractivity contribution >= 4 is 17.7 Å². The Hall–Kier alpha value is -3.30. The number of benzene rings is 2. The lowest BCUT2D eigenvalue weighted by Crippen LogP contribution is -2.56. The van der Waals surface area contributed by atoms with E-state index in [2.05, 4.69) is 0 Å². The number of carbonyl (C=O) groups excluding carboxylic acids is 3. The molecule has 1 N–H and O–H groups in total. The maximum atomic E-state index is 15.6. The number of morpholine rings is 1. The van der Waals surface area contributed by atoms with Crippen LogP contribution in [0.1, 0.15) is 77.2 Å². The average Bonchev–Trinajstić information content (AvgIpc) is 3.10. The third-order valence-corrected chi connectivity index (χ3v) is 6.28. The van der Waals surface area contributed by atoms with Crippen molar-refractivity contribution in [1.29, 1.82) is 0 Å². The second kappa shape index (κ2) is 9.78. The first-order chi connectivity index (χ1) is 20.5. The molecule has 1 unspecified atom stereocenters. The number of amides is 3. The van der Waals surface area contributed by atoms with Crippen molar-refractivity contribution in [1.82, 2.24) is 15.1 Å². The first-order valence-corrected chi connectivity index (χ1v) is 12.3. The third kappa shape index (κ3) is 5.44. The number of nitrogens with zero attached hydrogens (tertiary/aromatic N) is 2. The number of rotatable bonds is 6. The molecule has 0 spiro atoms. The van der Waals surface area contributed by atoms with Crippen molar-refractivity contribution in [3.63, 3.8) is 0 Å². The molecule has 3 aliphatic rings. The molecule has 0 aliphatic carbocycles. The van der Waals surface area contributed by atoms with Gasteiger partial charge in [0.2, 0.25) is 11.8 Å². The minimum absolute atomic E-state index is 0.0591. The Morgan fingerprint density at radius 2 is 1.92 bits per heavy atom. The minimum Gasteiger partial charge on any atom is -0.488 e. The predicted molar refractivity (Wildman–Crippen MR) is 138 cm³/mol. The van der Waals surface area contributed by atoms with Crippen LogP contribution in [0.25, 0.3) is 0 Å². The van der Waals surface area contributed by atoms with Crippen LogP contribution in [-0.4, -0.2) is 57.8 Å². The van der Waals surface area contributed by atoms with Crippen LogP contribution in [0.2, 0.25) is 0 Å². The van der Waals surface area contributed by atoms with E-state index in [0.717, 1.165) is 12.1 Å². The van der Waals surface area contributed by atoms with E-state index in [1.165, 1.54) is 29.2 Å². The van der Waals surface area contributed by atoms with Crippen LogP contribution >= 0.6 is 0 Å². The molecule has 3 aliphatic heterocycles. The average molecular weight is 531 g/mol. The summed E-state index contributed by atoms with van der Waals surface area (Å²) in [6, 6.07) is 4.42. The Labute approximate surface area is 231 Å². The maximum absolute atomic E-state index is 15.6. The summed E-state index contributed by atoms with van der Waals surface area (Å²) in [5, 5.41) is 1.96. The minimum atomic E-state index is -2.94. The van der Waals surface area contributed by atoms with Gasteiger partial charge in [-0.15, -0.1) is 0 Å². The molecule has 1 atom stereocenters. The molecule has 2 saturated heterocycles. The van der Waals surface area contributed by atoms with Crippen LogP contribution in [0.4, 0.5) is 4.39 Å². The first kappa shape index (κ1) is 18.9. The van der Waals surface area contributed by atoms with Crippen LogP contribution in [0.15, 0.2) is 36.4 Å². The number of imide groups is 1. The van der Waals surface area contributed by atoms with Crippen LogP contribution in [0.5, 0.6) is 5.75 Å². The second-order valence-corrected chi connectivity index (χ2v) is 10.7. The van der Waals surface area contributed by atoms with E-state index < -0.39 is 83.6 Å². The standard InChI is InChI=1S/C29H34FN3O5/c1-28(2)16-32(17-29(3,4)38-28)13-18-8-9-19(22(30)12-18)15-37-24-7-5-6-20-21(24)14-33(27(20)36)23-10-11-25(34)31-26(23)35/h5-9,12,23H,10-11,13-17H2,1-4H3,(H,31,34,35)/i13D2,14D2,15D2,23D. The van der Waals surface area contributed by atoms with Crippen LogP contribution in [0, 0.1) is 5.82 Å². The highest BCUT2D eigenvalue weighted by molar-refractivity contribution is 6.05. The van der Waals surface area contributed by atoms with E-state index in [4.69, 9.17) is 19.1 Å². The molecular formula is C29H34FN3O5. The smallest absolute Gasteiger partial charge is 0.255 e. The molecular weight excluding hydrogens is 489 g/mol. The summed E-state index contributed by atoms with van der Waals surface area (Å²) >= 11 is 0. The molecule has 8 nitrogen and oxygen atoms in total. The summed E-state index contributed by atoms with van der Waals surface area (Å²) in [7, 11) is 0. The molecule has 2 aromatic rings. The molecule has 3 heterocycles. The number of hydrogen-bond donors (Lipinski definition) is 1. The van der Waals surface area contributed by atoms with Gasteiger partial charge in [0.15, 0.2) is 0 Å². The molecule has 5 rings (SSSR count). The van der Waals surface area contributed by atoms with Gasteiger partial charge in [-0.2, -0.15) is 0 Å². The van der Waals surface area contributed by atoms with Crippen molar-refractivity contribution in [3.05, 3.63) is 64.5 Å². The molecule has 0 saturated carbocycles. The molecule has 3 amide bonds. The first-order valence-electron chi connectivity index (χ1n) is 15.8. The van der Waals surface area contributed by atoms with Gasteiger partial charge in [0.1, 0.15) is 24.1 Å². The van der Waals surface area contributed by atoms with Gasteiger partial charge >= 0.3 is 0 Å². The molecule has 2 aromatic carbocycles. The summed E-state index contributed by atoms with van der Waals surface area (Å²) < 4.78 is 88.1.